The molecule has 1 unspecified atom stereocenters. The number of nitrogens with zero attached hydrogens (tertiary/aromatic N) is 1. The van der Waals surface area contributed by atoms with E-state index in [1.165, 1.54) is 0 Å². The SMILES string of the molecule is CCNCC(c1ccc(OC)cc1Cl)N(C)C. The Labute approximate surface area is 109 Å². The van der Waals surface area contributed by atoms with Gasteiger partial charge in [0.15, 0.2) is 0 Å². The van der Waals surface area contributed by atoms with Crippen molar-refractivity contribution in [3.05, 3.63) is 28.8 Å². The Bertz CT molecular complexity index is 355. The maximum atomic E-state index is 6.29. The van der Waals surface area contributed by atoms with Crippen LogP contribution in [0.25, 0.3) is 0 Å². The molecule has 0 aliphatic carbocycles. The van der Waals surface area contributed by atoms with Gasteiger partial charge >= 0.3 is 0 Å². The molecular formula is C13H21ClN2O. The molecule has 0 heterocycles. The number of hydrogen-bond acceptors (Lipinski definition) is 3. The van der Waals surface area contributed by atoms with E-state index in [2.05, 4.69) is 31.2 Å². The first-order chi connectivity index (χ1) is 8.10. The molecule has 0 saturated heterocycles. The first-order valence-corrected chi connectivity index (χ1v) is 6.18. The van der Waals surface area contributed by atoms with Gasteiger partial charge in [-0.1, -0.05) is 24.6 Å². The number of benzene rings is 1. The van der Waals surface area contributed by atoms with Crippen molar-refractivity contribution >= 4 is 11.6 Å². The van der Waals surface area contributed by atoms with E-state index < -0.39 is 0 Å². The van der Waals surface area contributed by atoms with Crippen LogP contribution in [0.4, 0.5) is 0 Å². The monoisotopic (exact) mass is 256 g/mol. The highest BCUT2D eigenvalue weighted by Crippen LogP contribution is 2.29. The molecule has 1 aromatic rings. The van der Waals surface area contributed by atoms with Crippen LogP contribution in [-0.4, -0.2) is 39.2 Å². The number of methoxy groups -OCH3 is 1. The third-order valence-corrected chi connectivity index (χ3v) is 3.10. The van der Waals surface area contributed by atoms with Crippen molar-refractivity contribution in [3.8, 4) is 5.75 Å². The van der Waals surface area contributed by atoms with Crippen LogP contribution in [0.5, 0.6) is 5.75 Å². The Hall–Kier alpha value is -0.770. The molecule has 1 aromatic carbocycles. The molecule has 4 heteroatoms. The van der Waals surface area contributed by atoms with Crippen LogP contribution >= 0.6 is 11.6 Å². The minimum Gasteiger partial charge on any atom is -0.497 e. The number of rotatable bonds is 6. The van der Waals surface area contributed by atoms with E-state index in [1.807, 2.05) is 18.2 Å². The average molecular weight is 257 g/mol. The van der Waals surface area contributed by atoms with Gasteiger partial charge in [-0.05, 0) is 38.3 Å². The Balaban J connectivity index is 2.93. The second kappa shape index (κ2) is 6.84. The maximum absolute atomic E-state index is 6.29. The van der Waals surface area contributed by atoms with Crippen LogP contribution in [0.1, 0.15) is 18.5 Å². The molecule has 96 valence electrons. The summed E-state index contributed by atoms with van der Waals surface area (Å²) >= 11 is 6.29. The van der Waals surface area contributed by atoms with Crippen molar-refractivity contribution in [2.45, 2.75) is 13.0 Å². The first-order valence-electron chi connectivity index (χ1n) is 5.80. The standard InChI is InChI=1S/C13H21ClN2O/c1-5-15-9-13(16(2)3)11-7-6-10(17-4)8-12(11)14/h6-8,13,15H,5,9H2,1-4H3. The van der Waals surface area contributed by atoms with Gasteiger partial charge < -0.3 is 15.0 Å². The zero-order chi connectivity index (χ0) is 12.8. The number of hydrogen-bond donors (Lipinski definition) is 1. The van der Waals surface area contributed by atoms with Crippen molar-refractivity contribution in [2.24, 2.45) is 0 Å². The first kappa shape index (κ1) is 14.3. The fourth-order valence-corrected chi connectivity index (χ4v) is 2.05. The highest BCUT2D eigenvalue weighted by molar-refractivity contribution is 6.31. The topological polar surface area (TPSA) is 24.5 Å². The van der Waals surface area contributed by atoms with Crippen LogP contribution in [0, 0.1) is 0 Å². The lowest BCUT2D eigenvalue weighted by atomic mass is 10.1. The highest BCUT2D eigenvalue weighted by atomic mass is 35.5. The van der Waals surface area contributed by atoms with Crippen molar-refractivity contribution in [3.63, 3.8) is 0 Å². The molecule has 0 bridgehead atoms. The van der Waals surface area contributed by atoms with Gasteiger partial charge in [0.1, 0.15) is 5.75 Å². The number of likely N-dealkylation sites (N-methyl/N-ethyl adjacent to an activating group) is 2. The fraction of sp³-hybridized carbons (Fsp3) is 0.538. The molecule has 1 N–H and O–H groups in total. The second-order valence-electron chi connectivity index (χ2n) is 4.17. The summed E-state index contributed by atoms with van der Waals surface area (Å²) < 4.78 is 5.16. The van der Waals surface area contributed by atoms with Gasteiger partial charge in [0.05, 0.1) is 7.11 Å². The predicted octanol–water partition coefficient (Wildman–Crippen LogP) is 2.56. The maximum Gasteiger partial charge on any atom is 0.120 e. The lowest BCUT2D eigenvalue weighted by Gasteiger charge is -2.26. The zero-order valence-corrected chi connectivity index (χ0v) is 11.7. The molecular weight excluding hydrogens is 236 g/mol. The Kier molecular flexibility index (Phi) is 5.75. The van der Waals surface area contributed by atoms with Crippen LogP contribution < -0.4 is 10.1 Å². The van der Waals surface area contributed by atoms with Crippen molar-refractivity contribution < 1.29 is 4.74 Å². The summed E-state index contributed by atoms with van der Waals surface area (Å²) in [4.78, 5) is 2.16. The molecule has 0 saturated carbocycles. The smallest absolute Gasteiger partial charge is 0.120 e. The zero-order valence-electron chi connectivity index (χ0n) is 11.0. The molecule has 0 spiro atoms. The normalized spacial score (nSPS) is 12.8. The van der Waals surface area contributed by atoms with E-state index in [9.17, 15) is 0 Å². The molecule has 0 amide bonds. The molecule has 0 radical (unpaired) electrons. The van der Waals surface area contributed by atoms with Crippen molar-refractivity contribution in [1.82, 2.24) is 10.2 Å². The summed E-state index contributed by atoms with van der Waals surface area (Å²) in [5.74, 6) is 0.791. The molecule has 0 aliphatic rings. The summed E-state index contributed by atoms with van der Waals surface area (Å²) in [6.45, 7) is 3.94. The number of ether oxygens (including phenoxy) is 1. The summed E-state index contributed by atoms with van der Waals surface area (Å²) in [7, 11) is 5.76. The molecule has 0 aromatic heterocycles. The van der Waals surface area contributed by atoms with Gasteiger partial charge in [-0.25, -0.2) is 0 Å². The van der Waals surface area contributed by atoms with Gasteiger partial charge in [-0.2, -0.15) is 0 Å². The van der Waals surface area contributed by atoms with Gasteiger partial charge in [0, 0.05) is 17.6 Å². The quantitative estimate of drug-likeness (QED) is 0.847. The minimum absolute atomic E-state index is 0.272. The van der Waals surface area contributed by atoms with Gasteiger partial charge in [0.2, 0.25) is 0 Å². The molecule has 3 nitrogen and oxygen atoms in total. The Morgan fingerprint density at radius 2 is 2.12 bits per heavy atom. The molecule has 1 rings (SSSR count). The van der Waals surface area contributed by atoms with Gasteiger partial charge in [-0.3, -0.25) is 0 Å². The average Bonchev–Trinajstić information content (AvgIpc) is 2.30. The minimum atomic E-state index is 0.272. The van der Waals surface area contributed by atoms with E-state index in [-0.39, 0.29) is 6.04 Å². The predicted molar refractivity (Wildman–Crippen MR) is 73.0 cm³/mol. The largest absolute Gasteiger partial charge is 0.497 e. The van der Waals surface area contributed by atoms with Crippen molar-refractivity contribution in [1.29, 1.82) is 0 Å². The van der Waals surface area contributed by atoms with E-state index >= 15 is 0 Å². The summed E-state index contributed by atoms with van der Waals surface area (Å²) in [6.07, 6.45) is 0. The Morgan fingerprint density at radius 1 is 1.41 bits per heavy atom. The number of halogens is 1. The second-order valence-corrected chi connectivity index (χ2v) is 4.58. The van der Waals surface area contributed by atoms with Crippen LogP contribution in [0.15, 0.2) is 18.2 Å². The Morgan fingerprint density at radius 3 is 2.59 bits per heavy atom. The summed E-state index contributed by atoms with van der Waals surface area (Å²) in [5, 5.41) is 4.10. The van der Waals surface area contributed by atoms with Crippen LogP contribution in [0.2, 0.25) is 5.02 Å². The van der Waals surface area contributed by atoms with Gasteiger partial charge in [-0.15, -0.1) is 0 Å². The summed E-state index contributed by atoms with van der Waals surface area (Å²) in [5.41, 5.74) is 1.12. The van der Waals surface area contributed by atoms with Crippen molar-refractivity contribution in [2.75, 3.05) is 34.3 Å². The molecule has 0 aliphatic heterocycles. The van der Waals surface area contributed by atoms with E-state index in [1.54, 1.807) is 7.11 Å². The molecule has 17 heavy (non-hydrogen) atoms. The lowest BCUT2D eigenvalue weighted by Crippen LogP contribution is -2.31. The molecule has 1 atom stereocenters. The van der Waals surface area contributed by atoms with Gasteiger partial charge in [0.25, 0.3) is 0 Å². The van der Waals surface area contributed by atoms with Crippen LogP contribution in [0.3, 0.4) is 0 Å². The third kappa shape index (κ3) is 3.87. The molecule has 0 fully saturated rings. The van der Waals surface area contributed by atoms with E-state index in [0.29, 0.717) is 0 Å². The summed E-state index contributed by atoms with van der Waals surface area (Å²) in [6, 6.07) is 6.11. The van der Waals surface area contributed by atoms with E-state index in [4.69, 9.17) is 16.3 Å². The van der Waals surface area contributed by atoms with Crippen LogP contribution in [-0.2, 0) is 0 Å². The highest BCUT2D eigenvalue weighted by Gasteiger charge is 2.16. The lowest BCUT2D eigenvalue weighted by molar-refractivity contribution is 0.290. The van der Waals surface area contributed by atoms with E-state index in [0.717, 1.165) is 29.4 Å². The fourth-order valence-electron chi connectivity index (χ4n) is 1.76. The third-order valence-electron chi connectivity index (χ3n) is 2.78. The number of nitrogens with one attached hydrogen (secondary N) is 1.